The van der Waals surface area contributed by atoms with E-state index in [2.05, 4.69) is 16.4 Å². The highest BCUT2D eigenvalue weighted by Gasteiger charge is 2.17. The number of nitrogens with zero attached hydrogens (tertiary/aromatic N) is 1. The first-order valence-electron chi connectivity index (χ1n) is 6.14. The molecule has 1 fully saturated rings. The molecule has 0 aromatic carbocycles. The van der Waals surface area contributed by atoms with Crippen LogP contribution in [0.5, 0.6) is 0 Å². The van der Waals surface area contributed by atoms with Gasteiger partial charge in [-0.05, 0) is 31.9 Å². The van der Waals surface area contributed by atoms with Crippen LogP contribution in [-0.4, -0.2) is 18.6 Å². The molecule has 1 aromatic heterocycles. The van der Waals surface area contributed by atoms with Gasteiger partial charge < -0.3 is 5.32 Å². The minimum Gasteiger partial charge on any atom is -0.316 e. The molecule has 1 N–H and O–H groups in total. The van der Waals surface area contributed by atoms with E-state index in [-0.39, 0.29) is 0 Å². The molecule has 1 aromatic rings. The molecule has 16 heavy (non-hydrogen) atoms. The standard InChI is InChI=1S/C13H20N2S/c1-14-10-12(9-13-15-7-8-16-13)11-5-3-2-4-6-11/h7-9,11,14H,2-6,10H2,1H3/b12-9-. The molecule has 1 heterocycles. The second-order valence-electron chi connectivity index (χ2n) is 4.45. The lowest BCUT2D eigenvalue weighted by molar-refractivity contribution is 0.398. The average molecular weight is 236 g/mol. The van der Waals surface area contributed by atoms with Gasteiger partial charge in [0.1, 0.15) is 5.01 Å². The molecule has 88 valence electrons. The third kappa shape index (κ3) is 3.16. The number of thiazole rings is 1. The van der Waals surface area contributed by atoms with Gasteiger partial charge in [0.25, 0.3) is 0 Å². The third-order valence-corrected chi connectivity index (χ3v) is 3.99. The molecular weight excluding hydrogens is 216 g/mol. The van der Waals surface area contributed by atoms with Gasteiger partial charge in [-0.2, -0.15) is 0 Å². The van der Waals surface area contributed by atoms with E-state index < -0.39 is 0 Å². The van der Waals surface area contributed by atoms with Crippen LogP contribution in [0, 0.1) is 5.92 Å². The minimum atomic E-state index is 0.782. The van der Waals surface area contributed by atoms with Crippen LogP contribution in [0.15, 0.2) is 17.2 Å². The SMILES string of the molecule is CNC/C(=C/c1nccs1)C1CCCCC1. The maximum atomic E-state index is 4.35. The Kier molecular flexibility index (Phi) is 4.55. The van der Waals surface area contributed by atoms with Gasteiger partial charge in [-0.3, -0.25) is 0 Å². The van der Waals surface area contributed by atoms with Crippen molar-refractivity contribution in [2.75, 3.05) is 13.6 Å². The summed E-state index contributed by atoms with van der Waals surface area (Å²) in [5.41, 5.74) is 1.54. The maximum Gasteiger partial charge on any atom is 0.116 e. The fraction of sp³-hybridized carbons (Fsp3) is 0.615. The zero-order valence-electron chi connectivity index (χ0n) is 9.91. The van der Waals surface area contributed by atoms with Crippen molar-refractivity contribution in [2.45, 2.75) is 32.1 Å². The van der Waals surface area contributed by atoms with Crippen LogP contribution in [0.1, 0.15) is 37.1 Å². The number of aromatic nitrogens is 1. The Morgan fingerprint density at radius 1 is 1.50 bits per heavy atom. The molecule has 0 spiro atoms. The normalized spacial score (nSPS) is 18.9. The van der Waals surface area contributed by atoms with E-state index in [0.29, 0.717) is 0 Å². The average Bonchev–Trinajstić information content (AvgIpc) is 2.83. The van der Waals surface area contributed by atoms with Gasteiger partial charge in [0, 0.05) is 18.1 Å². The maximum absolute atomic E-state index is 4.35. The summed E-state index contributed by atoms with van der Waals surface area (Å²) >= 11 is 1.73. The van der Waals surface area contributed by atoms with Crippen molar-refractivity contribution in [2.24, 2.45) is 5.92 Å². The minimum absolute atomic E-state index is 0.782. The molecule has 1 saturated carbocycles. The van der Waals surface area contributed by atoms with Crippen molar-refractivity contribution in [1.29, 1.82) is 0 Å². The summed E-state index contributed by atoms with van der Waals surface area (Å²) in [6, 6.07) is 0. The van der Waals surface area contributed by atoms with E-state index in [0.717, 1.165) is 17.5 Å². The lowest BCUT2D eigenvalue weighted by Gasteiger charge is -2.24. The molecule has 0 bridgehead atoms. The molecule has 0 radical (unpaired) electrons. The predicted octanol–water partition coefficient (Wildman–Crippen LogP) is 3.33. The Balaban J connectivity index is 2.09. The van der Waals surface area contributed by atoms with Gasteiger partial charge in [0.2, 0.25) is 0 Å². The van der Waals surface area contributed by atoms with E-state index in [1.54, 1.807) is 11.3 Å². The zero-order valence-corrected chi connectivity index (χ0v) is 10.7. The molecule has 0 unspecified atom stereocenters. The van der Waals surface area contributed by atoms with Gasteiger partial charge in [0.15, 0.2) is 0 Å². The van der Waals surface area contributed by atoms with E-state index >= 15 is 0 Å². The summed E-state index contributed by atoms with van der Waals surface area (Å²) in [5, 5.41) is 6.48. The Morgan fingerprint density at radius 3 is 2.94 bits per heavy atom. The molecule has 0 saturated heterocycles. The molecule has 1 aliphatic carbocycles. The first-order valence-corrected chi connectivity index (χ1v) is 7.02. The van der Waals surface area contributed by atoms with Crippen molar-refractivity contribution in [3.8, 4) is 0 Å². The zero-order chi connectivity index (χ0) is 11.2. The van der Waals surface area contributed by atoms with Crippen molar-refractivity contribution in [3.63, 3.8) is 0 Å². The van der Waals surface area contributed by atoms with Crippen molar-refractivity contribution < 1.29 is 0 Å². The van der Waals surface area contributed by atoms with Gasteiger partial charge >= 0.3 is 0 Å². The van der Waals surface area contributed by atoms with Crippen LogP contribution in [0.2, 0.25) is 0 Å². The van der Waals surface area contributed by atoms with Crippen LogP contribution >= 0.6 is 11.3 Å². The molecule has 0 atom stereocenters. The van der Waals surface area contributed by atoms with Gasteiger partial charge in [0.05, 0.1) is 0 Å². The summed E-state index contributed by atoms with van der Waals surface area (Å²) in [5.74, 6) is 0.782. The molecular formula is C13H20N2S. The lowest BCUT2D eigenvalue weighted by Crippen LogP contribution is -2.19. The van der Waals surface area contributed by atoms with E-state index in [1.807, 2.05) is 18.6 Å². The van der Waals surface area contributed by atoms with Gasteiger partial charge in [-0.15, -0.1) is 11.3 Å². The van der Waals surface area contributed by atoms with Crippen LogP contribution in [0.4, 0.5) is 0 Å². The molecule has 0 aliphatic heterocycles. The van der Waals surface area contributed by atoms with Crippen molar-refractivity contribution in [3.05, 3.63) is 22.2 Å². The number of hydrogen-bond donors (Lipinski definition) is 1. The highest BCUT2D eigenvalue weighted by molar-refractivity contribution is 7.10. The third-order valence-electron chi connectivity index (χ3n) is 3.27. The summed E-state index contributed by atoms with van der Waals surface area (Å²) in [6.45, 7) is 1.00. The predicted molar refractivity (Wildman–Crippen MR) is 70.6 cm³/mol. The Hall–Kier alpha value is -0.670. The smallest absolute Gasteiger partial charge is 0.116 e. The van der Waals surface area contributed by atoms with E-state index in [1.165, 1.54) is 37.7 Å². The Bertz CT molecular complexity index is 324. The lowest BCUT2D eigenvalue weighted by atomic mass is 9.83. The van der Waals surface area contributed by atoms with E-state index in [4.69, 9.17) is 0 Å². The number of rotatable bonds is 4. The summed E-state index contributed by atoms with van der Waals surface area (Å²) in [7, 11) is 2.03. The van der Waals surface area contributed by atoms with Crippen LogP contribution in [0.3, 0.4) is 0 Å². The fourth-order valence-electron chi connectivity index (χ4n) is 2.46. The van der Waals surface area contributed by atoms with E-state index in [9.17, 15) is 0 Å². The topological polar surface area (TPSA) is 24.9 Å². The fourth-order valence-corrected chi connectivity index (χ4v) is 3.06. The van der Waals surface area contributed by atoms with Crippen molar-refractivity contribution >= 4 is 17.4 Å². The summed E-state index contributed by atoms with van der Waals surface area (Å²) in [4.78, 5) is 4.35. The number of likely N-dealkylation sites (N-methyl/N-ethyl adjacent to an activating group) is 1. The van der Waals surface area contributed by atoms with Crippen LogP contribution < -0.4 is 5.32 Å². The highest BCUT2D eigenvalue weighted by atomic mass is 32.1. The highest BCUT2D eigenvalue weighted by Crippen LogP contribution is 2.30. The molecule has 2 rings (SSSR count). The summed E-state index contributed by atoms with van der Waals surface area (Å²) < 4.78 is 0. The Morgan fingerprint density at radius 2 is 2.31 bits per heavy atom. The molecule has 0 amide bonds. The van der Waals surface area contributed by atoms with Crippen molar-refractivity contribution in [1.82, 2.24) is 10.3 Å². The first kappa shape index (κ1) is 11.8. The second-order valence-corrected chi connectivity index (χ2v) is 5.38. The van der Waals surface area contributed by atoms with Crippen LogP contribution in [0.25, 0.3) is 6.08 Å². The van der Waals surface area contributed by atoms with Gasteiger partial charge in [-0.25, -0.2) is 4.98 Å². The largest absolute Gasteiger partial charge is 0.316 e. The molecule has 1 aliphatic rings. The van der Waals surface area contributed by atoms with Crippen LogP contribution in [-0.2, 0) is 0 Å². The molecule has 2 nitrogen and oxygen atoms in total. The summed E-state index contributed by atoms with van der Waals surface area (Å²) in [6.07, 6.45) is 11.1. The van der Waals surface area contributed by atoms with Gasteiger partial charge in [-0.1, -0.05) is 24.8 Å². The molecule has 3 heteroatoms. The monoisotopic (exact) mass is 236 g/mol. The Labute approximate surface area is 102 Å². The number of nitrogens with one attached hydrogen (secondary N) is 1. The second kappa shape index (κ2) is 6.16. The quantitative estimate of drug-likeness (QED) is 0.867. The number of hydrogen-bond acceptors (Lipinski definition) is 3. The first-order chi connectivity index (χ1) is 7.90.